The van der Waals surface area contributed by atoms with Crippen molar-refractivity contribution in [3.05, 3.63) is 62.3 Å². The number of halogens is 3. The monoisotopic (exact) mass is 426 g/mol. The topological polar surface area (TPSA) is 44.1 Å². The van der Waals surface area contributed by atoms with Gasteiger partial charge in [0.05, 0.1) is 28.2 Å². The van der Waals surface area contributed by atoms with E-state index in [2.05, 4.69) is 20.9 Å². The minimum atomic E-state index is -0.351. The van der Waals surface area contributed by atoms with E-state index in [1.807, 2.05) is 28.8 Å². The highest BCUT2D eigenvalue weighted by molar-refractivity contribution is 9.10. The van der Waals surface area contributed by atoms with Gasteiger partial charge in [-0.2, -0.15) is 0 Å². The molecule has 3 aromatic rings. The van der Waals surface area contributed by atoms with Crippen LogP contribution in [0.5, 0.6) is 0 Å². The first-order valence-electron chi connectivity index (χ1n) is 7.13. The molecule has 0 unspecified atom stereocenters. The van der Waals surface area contributed by atoms with Crippen molar-refractivity contribution in [3.8, 4) is 0 Å². The van der Waals surface area contributed by atoms with Crippen molar-refractivity contribution in [2.45, 2.75) is 13.0 Å². The molecule has 0 fully saturated rings. The van der Waals surface area contributed by atoms with E-state index < -0.39 is 0 Å². The van der Waals surface area contributed by atoms with Crippen molar-refractivity contribution < 1.29 is 9.53 Å². The van der Waals surface area contributed by atoms with Gasteiger partial charge in [-0.15, -0.1) is 0 Å². The highest BCUT2D eigenvalue weighted by Gasteiger charge is 2.16. The second kappa shape index (κ2) is 7.13. The molecule has 0 radical (unpaired) electrons. The summed E-state index contributed by atoms with van der Waals surface area (Å²) in [5, 5.41) is 0.852. The van der Waals surface area contributed by atoms with E-state index in [-0.39, 0.29) is 12.5 Å². The van der Waals surface area contributed by atoms with Crippen LogP contribution in [0, 0.1) is 0 Å². The molecule has 2 aromatic carbocycles. The number of imidazole rings is 1. The first kappa shape index (κ1) is 17.3. The summed E-state index contributed by atoms with van der Waals surface area (Å²) in [5.74, 6) is 0.391. The molecule has 124 valence electrons. The molecule has 1 heterocycles. The third-order valence-electron chi connectivity index (χ3n) is 3.64. The quantitative estimate of drug-likeness (QED) is 0.558. The van der Waals surface area contributed by atoms with Gasteiger partial charge >= 0.3 is 5.97 Å². The second-order valence-electron chi connectivity index (χ2n) is 5.25. The maximum atomic E-state index is 11.8. The third-order valence-corrected chi connectivity index (χ3v) is 4.85. The summed E-state index contributed by atoms with van der Waals surface area (Å²) in [6, 6.07) is 11.4. The molecule has 0 aliphatic heterocycles. The summed E-state index contributed by atoms with van der Waals surface area (Å²) in [7, 11) is 1.36. The summed E-state index contributed by atoms with van der Waals surface area (Å²) in [4.78, 5) is 16.4. The Labute approximate surface area is 157 Å². The molecule has 7 heteroatoms. The first-order chi connectivity index (χ1) is 11.5. The summed E-state index contributed by atoms with van der Waals surface area (Å²) in [6.07, 6.45) is 0.570. The summed E-state index contributed by atoms with van der Waals surface area (Å²) >= 11 is 15.7. The average Bonchev–Trinajstić information content (AvgIpc) is 2.84. The van der Waals surface area contributed by atoms with Gasteiger partial charge in [0.1, 0.15) is 12.4 Å². The third kappa shape index (κ3) is 3.58. The molecule has 0 spiro atoms. The molecule has 0 aliphatic rings. The summed E-state index contributed by atoms with van der Waals surface area (Å²) in [5.41, 5.74) is 2.51. The number of rotatable bonds is 4. The molecule has 0 saturated carbocycles. The van der Waals surface area contributed by atoms with Crippen LogP contribution in [0.15, 0.2) is 40.9 Å². The van der Waals surface area contributed by atoms with Crippen molar-refractivity contribution in [2.24, 2.45) is 0 Å². The maximum absolute atomic E-state index is 11.8. The minimum absolute atomic E-state index is 0.0638. The van der Waals surface area contributed by atoms with E-state index in [0.29, 0.717) is 22.0 Å². The van der Waals surface area contributed by atoms with E-state index in [0.717, 1.165) is 21.4 Å². The molecule has 0 aliphatic carbocycles. The number of ether oxygens (including phenoxy) is 1. The SMILES string of the molecule is COC(=O)Cn1c(Cc2cccc(Br)c2)nc2cc(Cl)c(Cl)cc21. The molecule has 0 amide bonds. The van der Waals surface area contributed by atoms with Gasteiger partial charge in [-0.05, 0) is 29.8 Å². The standard InChI is InChI=1S/C17H13BrCl2N2O2/c1-24-17(23)9-22-15-8-13(20)12(19)7-14(15)21-16(22)6-10-3-2-4-11(18)5-10/h2-5,7-8H,6,9H2,1H3. The Hall–Kier alpha value is -1.56. The van der Waals surface area contributed by atoms with Crippen LogP contribution in [-0.2, 0) is 22.5 Å². The lowest BCUT2D eigenvalue weighted by atomic mass is 10.1. The Morgan fingerprint density at radius 3 is 2.71 bits per heavy atom. The number of methoxy groups -OCH3 is 1. The van der Waals surface area contributed by atoms with Crippen molar-refractivity contribution >= 4 is 56.1 Å². The minimum Gasteiger partial charge on any atom is -0.468 e. The van der Waals surface area contributed by atoms with Crippen molar-refractivity contribution in [1.82, 2.24) is 9.55 Å². The Morgan fingerprint density at radius 2 is 2.00 bits per heavy atom. The van der Waals surface area contributed by atoms with Crippen LogP contribution < -0.4 is 0 Å². The van der Waals surface area contributed by atoms with Crippen LogP contribution in [0.2, 0.25) is 10.0 Å². The molecule has 4 nitrogen and oxygen atoms in total. The highest BCUT2D eigenvalue weighted by Crippen LogP contribution is 2.29. The Bertz CT molecular complexity index is 924. The number of nitrogens with zero attached hydrogens (tertiary/aromatic N) is 2. The highest BCUT2D eigenvalue weighted by atomic mass is 79.9. The predicted octanol–water partition coefficient (Wildman–Crippen LogP) is 4.87. The second-order valence-corrected chi connectivity index (χ2v) is 6.98. The lowest BCUT2D eigenvalue weighted by Crippen LogP contribution is -2.14. The van der Waals surface area contributed by atoms with Crippen LogP contribution >= 0.6 is 39.1 Å². The molecule has 3 rings (SSSR count). The predicted molar refractivity (Wildman–Crippen MR) is 98.7 cm³/mol. The van der Waals surface area contributed by atoms with E-state index in [1.54, 1.807) is 12.1 Å². The molecular formula is C17H13BrCl2N2O2. The Balaban J connectivity index is 2.10. The lowest BCUT2D eigenvalue weighted by Gasteiger charge is -2.08. The number of hydrogen-bond donors (Lipinski definition) is 0. The van der Waals surface area contributed by atoms with Crippen LogP contribution in [0.1, 0.15) is 11.4 Å². The zero-order valence-electron chi connectivity index (χ0n) is 12.7. The number of aromatic nitrogens is 2. The van der Waals surface area contributed by atoms with Gasteiger partial charge in [-0.3, -0.25) is 4.79 Å². The smallest absolute Gasteiger partial charge is 0.325 e. The van der Waals surface area contributed by atoms with Gasteiger partial charge in [0.15, 0.2) is 0 Å². The Kier molecular flexibility index (Phi) is 5.13. The number of benzene rings is 2. The summed E-state index contributed by atoms with van der Waals surface area (Å²) < 4.78 is 7.59. The number of carbonyl (C=O) groups excluding carboxylic acids is 1. The molecule has 0 saturated heterocycles. The largest absolute Gasteiger partial charge is 0.468 e. The zero-order chi connectivity index (χ0) is 17.3. The average molecular weight is 428 g/mol. The zero-order valence-corrected chi connectivity index (χ0v) is 15.8. The molecule has 0 N–H and O–H groups in total. The van der Waals surface area contributed by atoms with E-state index in [1.165, 1.54) is 7.11 Å². The van der Waals surface area contributed by atoms with Gasteiger partial charge in [0, 0.05) is 10.9 Å². The van der Waals surface area contributed by atoms with Crippen LogP contribution in [0.3, 0.4) is 0 Å². The fourth-order valence-electron chi connectivity index (χ4n) is 2.50. The number of hydrogen-bond acceptors (Lipinski definition) is 3. The lowest BCUT2D eigenvalue weighted by molar-refractivity contribution is -0.141. The van der Waals surface area contributed by atoms with E-state index in [9.17, 15) is 4.79 Å². The maximum Gasteiger partial charge on any atom is 0.325 e. The first-order valence-corrected chi connectivity index (χ1v) is 8.68. The van der Waals surface area contributed by atoms with Gasteiger partial charge in [-0.25, -0.2) is 4.98 Å². The van der Waals surface area contributed by atoms with E-state index in [4.69, 9.17) is 27.9 Å². The molecule has 0 bridgehead atoms. The molecular weight excluding hydrogens is 415 g/mol. The van der Waals surface area contributed by atoms with Gasteiger partial charge < -0.3 is 9.30 Å². The van der Waals surface area contributed by atoms with Crippen molar-refractivity contribution in [2.75, 3.05) is 7.11 Å². The van der Waals surface area contributed by atoms with Crippen molar-refractivity contribution in [3.63, 3.8) is 0 Å². The van der Waals surface area contributed by atoms with Gasteiger partial charge in [0.2, 0.25) is 0 Å². The van der Waals surface area contributed by atoms with Gasteiger partial charge in [-0.1, -0.05) is 51.3 Å². The number of carbonyl (C=O) groups is 1. The fourth-order valence-corrected chi connectivity index (χ4v) is 3.27. The number of esters is 1. The van der Waals surface area contributed by atoms with Gasteiger partial charge in [0.25, 0.3) is 0 Å². The van der Waals surface area contributed by atoms with Crippen LogP contribution in [0.25, 0.3) is 11.0 Å². The number of fused-ring (bicyclic) bond motifs is 1. The Morgan fingerprint density at radius 1 is 1.25 bits per heavy atom. The molecule has 0 atom stereocenters. The molecule has 24 heavy (non-hydrogen) atoms. The van der Waals surface area contributed by atoms with Crippen molar-refractivity contribution in [1.29, 1.82) is 0 Å². The summed E-state index contributed by atoms with van der Waals surface area (Å²) in [6.45, 7) is 0.0638. The molecule has 1 aromatic heterocycles. The normalized spacial score (nSPS) is 11.0. The van der Waals surface area contributed by atoms with Crippen LogP contribution in [-0.4, -0.2) is 22.6 Å². The van der Waals surface area contributed by atoms with E-state index >= 15 is 0 Å². The van der Waals surface area contributed by atoms with Crippen LogP contribution in [0.4, 0.5) is 0 Å². The fraction of sp³-hybridized carbons (Fsp3) is 0.176.